The number of hydrogen-bond donors (Lipinski definition) is 2. The predicted molar refractivity (Wildman–Crippen MR) is 137 cm³/mol. The van der Waals surface area contributed by atoms with Gasteiger partial charge in [-0.1, -0.05) is 12.1 Å². The molecule has 37 heavy (non-hydrogen) atoms. The number of benzene rings is 2. The first-order chi connectivity index (χ1) is 18.0. The van der Waals surface area contributed by atoms with Gasteiger partial charge in [-0.15, -0.1) is 0 Å². The molecule has 10 heteroatoms. The Bertz CT molecular complexity index is 1220. The molecule has 0 saturated carbocycles. The number of aromatic nitrogens is 2. The van der Waals surface area contributed by atoms with Gasteiger partial charge in [0.2, 0.25) is 5.95 Å². The van der Waals surface area contributed by atoms with Gasteiger partial charge in [-0.3, -0.25) is 4.79 Å². The Hall–Kier alpha value is -3.60. The molecular formula is C27H30FN5O4. The lowest BCUT2D eigenvalue weighted by atomic mass is 10.1. The lowest BCUT2D eigenvalue weighted by Gasteiger charge is -2.33. The summed E-state index contributed by atoms with van der Waals surface area (Å²) in [5, 5.41) is 3.07. The minimum atomic E-state index is -0.406. The highest BCUT2D eigenvalue weighted by Crippen LogP contribution is 2.26. The summed E-state index contributed by atoms with van der Waals surface area (Å²) in [6.07, 6.45) is 4.06. The van der Waals surface area contributed by atoms with Gasteiger partial charge in [0, 0.05) is 49.1 Å². The Morgan fingerprint density at radius 2 is 1.97 bits per heavy atom. The summed E-state index contributed by atoms with van der Waals surface area (Å²) in [6.45, 7) is 4.50. The molecule has 2 fully saturated rings. The molecule has 2 unspecified atom stereocenters. The highest BCUT2D eigenvalue weighted by atomic mass is 19.1. The van der Waals surface area contributed by atoms with Gasteiger partial charge in [0.25, 0.3) is 5.91 Å². The number of carbonyl (C=O) groups excluding carboxylic acids is 1. The fourth-order valence-corrected chi connectivity index (χ4v) is 4.36. The molecule has 3 heterocycles. The molecule has 2 aliphatic heterocycles. The molecule has 194 valence electrons. The molecule has 0 aliphatic carbocycles. The molecule has 1 amide bonds. The minimum Gasteiger partial charge on any atom is -0.375 e. The van der Waals surface area contributed by atoms with E-state index in [9.17, 15) is 9.18 Å². The van der Waals surface area contributed by atoms with Crippen LogP contribution in [0, 0.1) is 5.82 Å². The second kappa shape index (κ2) is 11.6. The van der Waals surface area contributed by atoms with E-state index in [4.69, 9.17) is 14.3 Å². The van der Waals surface area contributed by atoms with E-state index in [1.54, 1.807) is 42.6 Å². The van der Waals surface area contributed by atoms with Crippen molar-refractivity contribution in [3.05, 3.63) is 66.1 Å². The van der Waals surface area contributed by atoms with Gasteiger partial charge < -0.3 is 19.7 Å². The summed E-state index contributed by atoms with van der Waals surface area (Å²) in [6, 6.07) is 13.8. The van der Waals surface area contributed by atoms with Gasteiger partial charge in [0.1, 0.15) is 5.82 Å². The number of rotatable bonds is 7. The fourth-order valence-electron chi connectivity index (χ4n) is 4.36. The maximum Gasteiger partial charge on any atom is 0.274 e. The standard InChI is InChI=1S/C27H30FN5O4/c1-18-17-33(13-15-35-18)24-10-9-21(16-22(24)28)30-27-29-12-11-23(31-27)19-5-7-20(8-6-19)26(34)32-37-25-4-2-3-14-36-25/h5-12,16,18,25H,2-4,13-15,17H2,1H3,(H,32,34)(H,29,30,31). The zero-order chi connectivity index (χ0) is 25.6. The molecule has 3 aromatic rings. The van der Waals surface area contributed by atoms with Gasteiger partial charge in [-0.2, -0.15) is 0 Å². The molecule has 2 N–H and O–H groups in total. The molecule has 2 aliphatic rings. The van der Waals surface area contributed by atoms with Gasteiger partial charge >= 0.3 is 0 Å². The lowest BCUT2D eigenvalue weighted by molar-refractivity contribution is -0.186. The Labute approximate surface area is 214 Å². The molecule has 1 aromatic heterocycles. The average Bonchev–Trinajstić information content (AvgIpc) is 2.93. The quantitative estimate of drug-likeness (QED) is 0.453. The molecule has 2 saturated heterocycles. The number of ether oxygens (including phenoxy) is 2. The van der Waals surface area contributed by atoms with Gasteiger partial charge in [-0.05, 0) is 56.2 Å². The van der Waals surface area contributed by atoms with Crippen LogP contribution in [0.5, 0.6) is 0 Å². The Morgan fingerprint density at radius 1 is 1.11 bits per heavy atom. The van der Waals surface area contributed by atoms with Crippen LogP contribution in [0.3, 0.4) is 0 Å². The van der Waals surface area contributed by atoms with Crippen molar-refractivity contribution < 1.29 is 23.5 Å². The number of amides is 1. The Morgan fingerprint density at radius 3 is 2.73 bits per heavy atom. The van der Waals surface area contributed by atoms with E-state index < -0.39 is 6.29 Å². The van der Waals surface area contributed by atoms with E-state index >= 15 is 0 Å². The highest BCUT2D eigenvalue weighted by Gasteiger charge is 2.20. The Kier molecular flexibility index (Phi) is 7.88. The number of anilines is 3. The molecule has 0 radical (unpaired) electrons. The second-order valence-electron chi connectivity index (χ2n) is 9.11. The summed E-state index contributed by atoms with van der Waals surface area (Å²) < 4.78 is 25.9. The molecule has 2 aromatic carbocycles. The first-order valence-corrected chi connectivity index (χ1v) is 12.5. The zero-order valence-electron chi connectivity index (χ0n) is 20.7. The Balaban J connectivity index is 1.21. The number of nitrogens with one attached hydrogen (secondary N) is 2. The van der Waals surface area contributed by atoms with E-state index in [1.807, 2.05) is 17.9 Å². The number of halogens is 1. The van der Waals surface area contributed by atoms with Crippen LogP contribution in [0.25, 0.3) is 11.3 Å². The third kappa shape index (κ3) is 6.40. The average molecular weight is 508 g/mol. The van der Waals surface area contributed by atoms with E-state index in [0.717, 1.165) is 24.8 Å². The smallest absolute Gasteiger partial charge is 0.274 e. The second-order valence-corrected chi connectivity index (χ2v) is 9.11. The van der Waals surface area contributed by atoms with Crippen LogP contribution in [0.1, 0.15) is 36.5 Å². The summed E-state index contributed by atoms with van der Waals surface area (Å²) in [5.74, 6) is -0.321. The van der Waals surface area contributed by atoms with Crippen LogP contribution in [-0.4, -0.2) is 54.6 Å². The molecule has 9 nitrogen and oxygen atoms in total. The molecule has 2 atom stereocenters. The topological polar surface area (TPSA) is 97.8 Å². The van der Waals surface area contributed by atoms with E-state index in [2.05, 4.69) is 20.8 Å². The maximum absolute atomic E-state index is 14.9. The van der Waals surface area contributed by atoms with Crippen LogP contribution in [0.4, 0.5) is 21.7 Å². The molecule has 5 rings (SSSR count). The van der Waals surface area contributed by atoms with Crippen LogP contribution in [0.15, 0.2) is 54.7 Å². The van der Waals surface area contributed by atoms with Crippen molar-refractivity contribution >= 4 is 23.2 Å². The number of nitrogens with zero attached hydrogens (tertiary/aromatic N) is 3. The van der Waals surface area contributed by atoms with Crippen molar-refractivity contribution in [2.24, 2.45) is 0 Å². The number of carbonyl (C=O) groups is 1. The molecule has 0 bridgehead atoms. The van der Waals surface area contributed by atoms with Crippen molar-refractivity contribution in [3.63, 3.8) is 0 Å². The SMILES string of the molecule is CC1CN(c2ccc(Nc3nccc(-c4ccc(C(=O)NOC5CCCCO5)cc4)n3)cc2F)CCO1. The monoisotopic (exact) mass is 507 g/mol. The van der Waals surface area contributed by atoms with E-state index in [1.165, 1.54) is 6.07 Å². The fraction of sp³-hybridized carbons (Fsp3) is 0.370. The maximum atomic E-state index is 14.9. The van der Waals surface area contributed by atoms with Gasteiger partial charge in [0.05, 0.1) is 24.1 Å². The van der Waals surface area contributed by atoms with Crippen LogP contribution in [-0.2, 0) is 14.3 Å². The van der Waals surface area contributed by atoms with Gasteiger partial charge in [0.15, 0.2) is 6.29 Å². The van der Waals surface area contributed by atoms with Gasteiger partial charge in [-0.25, -0.2) is 24.7 Å². The predicted octanol–water partition coefficient (Wildman–Crippen LogP) is 4.44. The molecular weight excluding hydrogens is 477 g/mol. The third-order valence-corrected chi connectivity index (χ3v) is 6.30. The van der Waals surface area contributed by atoms with Crippen molar-refractivity contribution in [1.29, 1.82) is 0 Å². The summed E-state index contributed by atoms with van der Waals surface area (Å²) in [4.78, 5) is 28.6. The van der Waals surface area contributed by atoms with Crippen LogP contribution < -0.4 is 15.7 Å². The zero-order valence-corrected chi connectivity index (χ0v) is 20.7. The van der Waals surface area contributed by atoms with E-state index in [-0.39, 0.29) is 17.8 Å². The third-order valence-electron chi connectivity index (χ3n) is 6.30. The first-order valence-electron chi connectivity index (χ1n) is 12.5. The van der Waals surface area contributed by atoms with Crippen molar-refractivity contribution in [2.75, 3.05) is 36.5 Å². The summed E-state index contributed by atoms with van der Waals surface area (Å²) >= 11 is 0. The normalized spacial score (nSPS) is 19.9. The largest absolute Gasteiger partial charge is 0.375 e. The van der Waals surface area contributed by atoms with Crippen molar-refractivity contribution in [2.45, 2.75) is 38.6 Å². The number of morpholine rings is 1. The van der Waals surface area contributed by atoms with Crippen LogP contribution >= 0.6 is 0 Å². The number of hydrogen-bond acceptors (Lipinski definition) is 8. The summed E-state index contributed by atoms with van der Waals surface area (Å²) in [7, 11) is 0. The molecule has 0 spiro atoms. The van der Waals surface area contributed by atoms with Crippen LogP contribution in [0.2, 0.25) is 0 Å². The summed E-state index contributed by atoms with van der Waals surface area (Å²) in [5.41, 5.74) is 5.48. The van der Waals surface area contributed by atoms with Crippen molar-refractivity contribution in [1.82, 2.24) is 15.4 Å². The number of hydroxylamine groups is 1. The first kappa shape index (κ1) is 25.1. The van der Waals surface area contributed by atoms with Crippen molar-refractivity contribution in [3.8, 4) is 11.3 Å². The minimum absolute atomic E-state index is 0.0648. The lowest BCUT2D eigenvalue weighted by Crippen LogP contribution is -2.41. The highest BCUT2D eigenvalue weighted by molar-refractivity contribution is 5.93. The van der Waals surface area contributed by atoms with E-state index in [0.29, 0.717) is 54.9 Å².